The molecule has 0 saturated carbocycles. The molecule has 2 fully saturated rings. The normalized spacial score (nSPS) is 26.5. The van der Waals surface area contributed by atoms with Crippen molar-refractivity contribution in [3.05, 3.63) is 30.1 Å². The molecule has 0 N–H and O–H groups in total. The van der Waals surface area contributed by atoms with Crippen molar-refractivity contribution in [3.63, 3.8) is 0 Å². The topological polar surface area (TPSA) is 45.7 Å². The molecule has 0 aliphatic carbocycles. The molecule has 1 aromatic rings. The van der Waals surface area contributed by atoms with Crippen molar-refractivity contribution in [2.45, 2.75) is 58.8 Å². The molecule has 5 heteroatoms. The van der Waals surface area contributed by atoms with Crippen LogP contribution in [0.25, 0.3) is 0 Å². The number of rotatable bonds is 7. The molecule has 0 unspecified atom stereocenters. The summed E-state index contributed by atoms with van der Waals surface area (Å²) < 4.78 is 6.11. The van der Waals surface area contributed by atoms with Crippen molar-refractivity contribution in [3.8, 4) is 0 Å². The minimum Gasteiger partial charge on any atom is -0.356 e. The number of carbonyl (C=O) groups is 1. The molecule has 1 amide bonds. The van der Waals surface area contributed by atoms with Gasteiger partial charge >= 0.3 is 0 Å². The van der Waals surface area contributed by atoms with Gasteiger partial charge < -0.3 is 9.64 Å². The summed E-state index contributed by atoms with van der Waals surface area (Å²) in [6.07, 6.45) is 4.50. The molecule has 2 aliphatic heterocycles. The average Bonchev–Trinajstić information content (AvgIpc) is 3.05. The Morgan fingerprint density at radius 2 is 2.24 bits per heavy atom. The van der Waals surface area contributed by atoms with E-state index >= 15 is 0 Å². The zero-order chi connectivity index (χ0) is 17.8. The van der Waals surface area contributed by atoms with Gasteiger partial charge in [-0.25, -0.2) is 0 Å². The number of ether oxygens (including phenoxy) is 1. The van der Waals surface area contributed by atoms with E-state index in [4.69, 9.17) is 4.74 Å². The highest BCUT2D eigenvalue weighted by Crippen LogP contribution is 2.35. The van der Waals surface area contributed by atoms with Crippen LogP contribution in [-0.2, 0) is 16.1 Å². The van der Waals surface area contributed by atoms with Crippen LogP contribution in [0.2, 0.25) is 0 Å². The Balaban J connectivity index is 1.68. The Morgan fingerprint density at radius 1 is 1.40 bits per heavy atom. The summed E-state index contributed by atoms with van der Waals surface area (Å²) in [7, 11) is 0. The summed E-state index contributed by atoms with van der Waals surface area (Å²) in [5, 5.41) is 0. The Morgan fingerprint density at radius 3 is 2.92 bits per heavy atom. The van der Waals surface area contributed by atoms with Crippen LogP contribution in [-0.4, -0.2) is 52.7 Å². The van der Waals surface area contributed by atoms with E-state index in [-0.39, 0.29) is 18.2 Å². The molecule has 0 bridgehead atoms. The van der Waals surface area contributed by atoms with E-state index in [0.717, 1.165) is 38.2 Å². The van der Waals surface area contributed by atoms with E-state index < -0.39 is 0 Å². The highest BCUT2D eigenvalue weighted by atomic mass is 16.5. The average molecular weight is 345 g/mol. The summed E-state index contributed by atoms with van der Waals surface area (Å²) in [5.41, 5.74) is 1.10. The van der Waals surface area contributed by atoms with Crippen molar-refractivity contribution in [1.29, 1.82) is 0 Å². The third-order valence-electron chi connectivity index (χ3n) is 5.40. The number of nitrogens with zero attached hydrogens (tertiary/aromatic N) is 3. The van der Waals surface area contributed by atoms with Gasteiger partial charge in [-0.3, -0.25) is 14.7 Å². The predicted molar refractivity (Wildman–Crippen MR) is 97.7 cm³/mol. The molecule has 3 rings (SSSR count). The number of aromatic nitrogens is 1. The van der Waals surface area contributed by atoms with E-state index in [0.29, 0.717) is 24.9 Å². The second kappa shape index (κ2) is 8.28. The zero-order valence-electron chi connectivity index (χ0n) is 15.7. The van der Waals surface area contributed by atoms with Crippen LogP contribution < -0.4 is 0 Å². The third kappa shape index (κ3) is 4.21. The first-order valence-electron chi connectivity index (χ1n) is 9.65. The zero-order valence-corrected chi connectivity index (χ0v) is 15.7. The SMILES string of the molecule is CCCN(Cc1ccccn1)C[C@H]1CCC(=O)N2[C@@H](C(C)C)CO[C@@H]12. The highest BCUT2D eigenvalue weighted by molar-refractivity contribution is 5.78. The minimum atomic E-state index is -0.0447. The first kappa shape index (κ1) is 18.3. The van der Waals surface area contributed by atoms with E-state index in [9.17, 15) is 4.79 Å². The molecule has 3 atom stereocenters. The van der Waals surface area contributed by atoms with E-state index in [1.807, 2.05) is 23.2 Å². The lowest BCUT2D eigenvalue weighted by Gasteiger charge is -2.40. The summed E-state index contributed by atoms with van der Waals surface area (Å²) in [5.74, 6) is 1.09. The van der Waals surface area contributed by atoms with E-state index in [2.05, 4.69) is 36.7 Å². The van der Waals surface area contributed by atoms with Crippen molar-refractivity contribution < 1.29 is 9.53 Å². The lowest BCUT2D eigenvalue weighted by molar-refractivity contribution is -0.148. The highest BCUT2D eigenvalue weighted by Gasteiger charge is 2.46. The maximum Gasteiger partial charge on any atom is 0.224 e. The van der Waals surface area contributed by atoms with E-state index in [1.165, 1.54) is 0 Å². The number of hydrogen-bond donors (Lipinski definition) is 0. The summed E-state index contributed by atoms with van der Waals surface area (Å²) in [6.45, 7) is 10.1. The van der Waals surface area contributed by atoms with Crippen LogP contribution in [0.15, 0.2) is 24.4 Å². The fourth-order valence-electron chi connectivity index (χ4n) is 4.12. The number of amides is 1. The van der Waals surface area contributed by atoms with Crippen molar-refractivity contribution >= 4 is 5.91 Å². The Bertz CT molecular complexity index is 563. The fraction of sp³-hybridized carbons (Fsp3) is 0.700. The summed E-state index contributed by atoms with van der Waals surface area (Å²) >= 11 is 0. The maximum absolute atomic E-state index is 12.5. The molecule has 0 spiro atoms. The van der Waals surface area contributed by atoms with Gasteiger partial charge in [0, 0.05) is 31.6 Å². The molecule has 0 radical (unpaired) electrons. The minimum absolute atomic E-state index is 0.0447. The number of carbonyl (C=O) groups excluding carboxylic acids is 1. The van der Waals surface area contributed by atoms with Gasteiger partial charge in [-0.2, -0.15) is 0 Å². The molecule has 1 aromatic heterocycles. The second-order valence-electron chi connectivity index (χ2n) is 7.69. The monoisotopic (exact) mass is 345 g/mol. The Labute approximate surface area is 151 Å². The second-order valence-corrected chi connectivity index (χ2v) is 7.69. The molecule has 5 nitrogen and oxygen atoms in total. The van der Waals surface area contributed by atoms with Crippen LogP contribution in [0, 0.1) is 11.8 Å². The summed E-state index contributed by atoms with van der Waals surface area (Å²) in [4.78, 5) is 21.4. The third-order valence-corrected chi connectivity index (χ3v) is 5.40. The summed E-state index contributed by atoms with van der Waals surface area (Å²) in [6, 6.07) is 6.31. The predicted octanol–water partition coefficient (Wildman–Crippen LogP) is 2.91. The quantitative estimate of drug-likeness (QED) is 0.762. The van der Waals surface area contributed by atoms with Gasteiger partial charge in [0.15, 0.2) is 0 Å². The smallest absolute Gasteiger partial charge is 0.224 e. The van der Waals surface area contributed by atoms with Crippen molar-refractivity contribution in [2.24, 2.45) is 11.8 Å². The Kier molecular flexibility index (Phi) is 6.07. The van der Waals surface area contributed by atoms with Crippen LogP contribution >= 0.6 is 0 Å². The van der Waals surface area contributed by atoms with Gasteiger partial charge in [-0.05, 0) is 37.4 Å². The van der Waals surface area contributed by atoms with E-state index in [1.54, 1.807) is 0 Å². The van der Waals surface area contributed by atoms with Gasteiger partial charge in [0.1, 0.15) is 6.23 Å². The maximum atomic E-state index is 12.5. The molecule has 138 valence electrons. The standard InChI is InChI=1S/C20H31N3O2/c1-4-11-22(13-17-7-5-6-10-21-17)12-16-8-9-19(24)23-18(15(2)3)14-25-20(16)23/h5-7,10,15-16,18,20H,4,8-9,11-14H2,1-3H3/t16-,18-,20+/m1/s1. The van der Waals surface area contributed by atoms with Gasteiger partial charge in [0.05, 0.1) is 18.3 Å². The molecular weight excluding hydrogens is 314 g/mol. The molecule has 25 heavy (non-hydrogen) atoms. The molecule has 0 aromatic carbocycles. The first-order chi connectivity index (χ1) is 12.1. The van der Waals surface area contributed by atoms with Crippen LogP contribution in [0.5, 0.6) is 0 Å². The van der Waals surface area contributed by atoms with Crippen molar-refractivity contribution in [2.75, 3.05) is 19.7 Å². The largest absolute Gasteiger partial charge is 0.356 e. The number of fused-ring (bicyclic) bond motifs is 1. The lowest BCUT2D eigenvalue weighted by Crippen LogP contribution is -2.52. The van der Waals surface area contributed by atoms with Gasteiger partial charge in [-0.1, -0.05) is 26.8 Å². The molecule has 2 saturated heterocycles. The number of pyridine rings is 1. The molecule has 3 heterocycles. The lowest BCUT2D eigenvalue weighted by atomic mass is 9.92. The van der Waals surface area contributed by atoms with Crippen LogP contribution in [0.4, 0.5) is 0 Å². The van der Waals surface area contributed by atoms with Crippen LogP contribution in [0.1, 0.15) is 45.7 Å². The Hall–Kier alpha value is -1.46. The van der Waals surface area contributed by atoms with Crippen molar-refractivity contribution in [1.82, 2.24) is 14.8 Å². The first-order valence-corrected chi connectivity index (χ1v) is 9.65. The molecule has 2 aliphatic rings. The van der Waals surface area contributed by atoms with Gasteiger partial charge in [0.25, 0.3) is 0 Å². The molecular formula is C20H31N3O2. The van der Waals surface area contributed by atoms with Gasteiger partial charge in [0.2, 0.25) is 5.91 Å². The van der Waals surface area contributed by atoms with Gasteiger partial charge in [-0.15, -0.1) is 0 Å². The fourth-order valence-corrected chi connectivity index (χ4v) is 4.12. The number of piperidine rings is 1. The van der Waals surface area contributed by atoms with Crippen LogP contribution in [0.3, 0.4) is 0 Å². The number of hydrogen-bond acceptors (Lipinski definition) is 4.